The number of ether oxygens (including phenoxy) is 2. The van der Waals surface area contributed by atoms with Crippen LogP contribution in [0, 0.1) is 0 Å². The molecule has 1 aliphatic rings. The predicted octanol–water partition coefficient (Wildman–Crippen LogP) is 2.42. The van der Waals surface area contributed by atoms with E-state index in [0.717, 1.165) is 55.4 Å². The van der Waals surface area contributed by atoms with Gasteiger partial charge < -0.3 is 24.7 Å². The van der Waals surface area contributed by atoms with E-state index in [4.69, 9.17) is 21.1 Å². The van der Waals surface area contributed by atoms with Gasteiger partial charge in [0.25, 0.3) is 0 Å². The third-order valence-electron chi connectivity index (χ3n) is 5.66. The van der Waals surface area contributed by atoms with Gasteiger partial charge >= 0.3 is 0 Å². The number of hydrogen-bond donors (Lipinski definition) is 2. The largest absolute Gasteiger partial charge is 0.496 e. The third kappa shape index (κ3) is 5.23. The van der Waals surface area contributed by atoms with Crippen LogP contribution in [0.2, 0.25) is 5.02 Å². The van der Waals surface area contributed by atoms with Crippen LogP contribution in [0.1, 0.15) is 31.2 Å². The zero-order chi connectivity index (χ0) is 21.4. The van der Waals surface area contributed by atoms with Crippen LogP contribution in [0.4, 0.5) is 0 Å². The molecule has 0 spiro atoms. The molecule has 2 heterocycles. The number of nitrogens with zero attached hydrogens (tertiary/aromatic N) is 4. The smallest absolute Gasteiger partial charge is 0.191 e. The second kappa shape index (κ2) is 10.6. The monoisotopic (exact) mass is 434 g/mol. The molecule has 0 radical (unpaired) electrons. The van der Waals surface area contributed by atoms with Gasteiger partial charge in [0.05, 0.1) is 7.11 Å². The fourth-order valence-electron chi connectivity index (χ4n) is 3.91. The summed E-state index contributed by atoms with van der Waals surface area (Å²) in [6.07, 6.45) is 4.39. The van der Waals surface area contributed by atoms with E-state index < -0.39 is 0 Å². The van der Waals surface area contributed by atoms with Gasteiger partial charge in [-0.25, -0.2) is 0 Å². The van der Waals surface area contributed by atoms with Gasteiger partial charge in [-0.15, -0.1) is 10.2 Å². The van der Waals surface area contributed by atoms with Gasteiger partial charge in [0.15, 0.2) is 5.96 Å². The first kappa shape index (κ1) is 22.4. The SMILES string of the molecule is CCc1nncn1CCNC(=NC)NCC1(c2cc(Cl)ccc2OC)CCOCC1. The molecular formula is C21H31ClN6O2. The van der Waals surface area contributed by atoms with Crippen molar-refractivity contribution in [3.05, 3.63) is 40.9 Å². The molecule has 164 valence electrons. The lowest BCUT2D eigenvalue weighted by Gasteiger charge is -2.39. The first-order valence-corrected chi connectivity index (χ1v) is 10.7. The fourth-order valence-corrected chi connectivity index (χ4v) is 4.08. The third-order valence-corrected chi connectivity index (χ3v) is 5.89. The summed E-state index contributed by atoms with van der Waals surface area (Å²) in [6, 6.07) is 5.81. The Morgan fingerprint density at radius 1 is 1.33 bits per heavy atom. The number of benzene rings is 1. The standard InChI is InChI=1S/C21H31ClN6O2/c1-4-19-27-26-15-28(19)10-9-24-20(23-2)25-14-21(7-11-30-12-8-21)17-13-16(22)5-6-18(17)29-3/h5-6,13,15H,4,7-12,14H2,1-3H3,(H2,23,24,25). The van der Waals surface area contributed by atoms with E-state index in [1.165, 1.54) is 0 Å². The molecule has 1 aliphatic heterocycles. The minimum atomic E-state index is -0.143. The molecule has 0 bridgehead atoms. The number of aromatic nitrogens is 3. The first-order valence-electron chi connectivity index (χ1n) is 10.3. The number of aliphatic imine (C=N–C) groups is 1. The number of hydrogen-bond acceptors (Lipinski definition) is 5. The summed E-state index contributed by atoms with van der Waals surface area (Å²) < 4.78 is 13.4. The first-order chi connectivity index (χ1) is 14.6. The van der Waals surface area contributed by atoms with Gasteiger partial charge in [-0.05, 0) is 31.0 Å². The summed E-state index contributed by atoms with van der Waals surface area (Å²) in [5.74, 6) is 2.59. The van der Waals surface area contributed by atoms with Crippen LogP contribution in [-0.4, -0.2) is 61.2 Å². The van der Waals surface area contributed by atoms with Crippen LogP contribution in [0.25, 0.3) is 0 Å². The maximum atomic E-state index is 6.33. The molecule has 3 rings (SSSR count). The van der Waals surface area contributed by atoms with Crippen molar-refractivity contribution in [2.24, 2.45) is 4.99 Å². The van der Waals surface area contributed by atoms with Crippen LogP contribution in [0.15, 0.2) is 29.5 Å². The Balaban J connectivity index is 1.67. The summed E-state index contributed by atoms with van der Waals surface area (Å²) in [7, 11) is 3.48. The van der Waals surface area contributed by atoms with E-state index in [-0.39, 0.29) is 5.41 Å². The lowest BCUT2D eigenvalue weighted by molar-refractivity contribution is 0.0505. The molecule has 0 unspecified atom stereocenters. The van der Waals surface area contributed by atoms with Gasteiger partial charge in [-0.2, -0.15) is 0 Å². The normalized spacial score (nSPS) is 16.3. The summed E-state index contributed by atoms with van der Waals surface area (Å²) in [5, 5.41) is 15.7. The minimum absolute atomic E-state index is 0.143. The molecule has 0 saturated carbocycles. The average Bonchev–Trinajstić information content (AvgIpc) is 3.24. The van der Waals surface area contributed by atoms with Crippen molar-refractivity contribution in [2.45, 2.75) is 38.1 Å². The highest BCUT2D eigenvalue weighted by Crippen LogP contribution is 2.40. The minimum Gasteiger partial charge on any atom is -0.496 e. The lowest BCUT2D eigenvalue weighted by Crippen LogP contribution is -2.48. The van der Waals surface area contributed by atoms with E-state index in [1.807, 2.05) is 18.2 Å². The van der Waals surface area contributed by atoms with Crippen LogP contribution in [0.5, 0.6) is 5.75 Å². The van der Waals surface area contributed by atoms with E-state index >= 15 is 0 Å². The van der Waals surface area contributed by atoms with Crippen LogP contribution in [-0.2, 0) is 23.1 Å². The molecule has 1 aromatic heterocycles. The van der Waals surface area contributed by atoms with E-state index in [1.54, 1.807) is 20.5 Å². The second-order valence-corrected chi connectivity index (χ2v) is 7.82. The Morgan fingerprint density at radius 3 is 2.83 bits per heavy atom. The molecule has 2 aromatic rings. The number of nitrogens with one attached hydrogen (secondary N) is 2. The molecule has 1 saturated heterocycles. The van der Waals surface area contributed by atoms with Crippen molar-refractivity contribution < 1.29 is 9.47 Å². The number of aryl methyl sites for hydroxylation is 1. The van der Waals surface area contributed by atoms with Crippen LogP contribution >= 0.6 is 11.6 Å². The number of halogens is 1. The second-order valence-electron chi connectivity index (χ2n) is 7.38. The molecule has 2 N–H and O–H groups in total. The van der Waals surface area contributed by atoms with E-state index in [0.29, 0.717) is 24.8 Å². The Kier molecular flexibility index (Phi) is 7.93. The Hall–Kier alpha value is -2.32. The predicted molar refractivity (Wildman–Crippen MR) is 118 cm³/mol. The highest BCUT2D eigenvalue weighted by atomic mass is 35.5. The molecule has 8 nitrogen and oxygen atoms in total. The number of guanidine groups is 1. The Bertz CT molecular complexity index is 848. The molecule has 0 atom stereocenters. The van der Waals surface area contributed by atoms with Crippen molar-refractivity contribution in [2.75, 3.05) is 40.5 Å². The van der Waals surface area contributed by atoms with Gasteiger partial charge in [-0.3, -0.25) is 4.99 Å². The molecule has 9 heteroatoms. The van der Waals surface area contributed by atoms with E-state index in [2.05, 4.69) is 37.3 Å². The zero-order valence-electron chi connectivity index (χ0n) is 17.9. The molecule has 1 fully saturated rings. The van der Waals surface area contributed by atoms with Crippen molar-refractivity contribution in [3.63, 3.8) is 0 Å². The van der Waals surface area contributed by atoms with Gasteiger partial charge in [0.2, 0.25) is 0 Å². The van der Waals surface area contributed by atoms with Gasteiger partial charge in [-0.1, -0.05) is 18.5 Å². The lowest BCUT2D eigenvalue weighted by atomic mass is 9.73. The summed E-state index contributed by atoms with van der Waals surface area (Å²) in [5.41, 5.74) is 0.969. The van der Waals surface area contributed by atoms with Gasteiger partial charge in [0.1, 0.15) is 17.9 Å². The van der Waals surface area contributed by atoms with Crippen molar-refractivity contribution in [3.8, 4) is 5.75 Å². The highest BCUT2D eigenvalue weighted by molar-refractivity contribution is 6.30. The van der Waals surface area contributed by atoms with Crippen molar-refractivity contribution in [1.29, 1.82) is 0 Å². The molecule has 30 heavy (non-hydrogen) atoms. The summed E-state index contributed by atoms with van der Waals surface area (Å²) >= 11 is 6.33. The topological polar surface area (TPSA) is 85.6 Å². The highest BCUT2D eigenvalue weighted by Gasteiger charge is 2.37. The van der Waals surface area contributed by atoms with Crippen molar-refractivity contribution in [1.82, 2.24) is 25.4 Å². The Morgan fingerprint density at radius 2 is 2.13 bits per heavy atom. The molecule has 0 aliphatic carbocycles. The number of rotatable bonds is 8. The molecular weight excluding hydrogens is 404 g/mol. The fraction of sp³-hybridized carbons (Fsp3) is 0.571. The maximum absolute atomic E-state index is 6.33. The molecule has 0 amide bonds. The van der Waals surface area contributed by atoms with Crippen LogP contribution in [0.3, 0.4) is 0 Å². The Labute approximate surface area is 183 Å². The van der Waals surface area contributed by atoms with Crippen LogP contribution < -0.4 is 15.4 Å². The maximum Gasteiger partial charge on any atom is 0.191 e. The average molecular weight is 435 g/mol. The van der Waals surface area contributed by atoms with Gasteiger partial charge in [0, 0.05) is 62.3 Å². The molecule has 1 aromatic carbocycles. The van der Waals surface area contributed by atoms with Crippen molar-refractivity contribution >= 4 is 17.6 Å². The number of methoxy groups -OCH3 is 1. The summed E-state index contributed by atoms with van der Waals surface area (Å²) in [4.78, 5) is 4.38. The van der Waals surface area contributed by atoms with E-state index in [9.17, 15) is 0 Å². The summed E-state index contributed by atoms with van der Waals surface area (Å²) in [6.45, 7) is 5.69. The quantitative estimate of drug-likeness (QED) is 0.490. The zero-order valence-corrected chi connectivity index (χ0v) is 18.7.